The Morgan fingerprint density at radius 3 is 2.58 bits per heavy atom. The number of dihydropyridines is 1. The van der Waals surface area contributed by atoms with E-state index in [0.717, 1.165) is 11.3 Å². The summed E-state index contributed by atoms with van der Waals surface area (Å²) < 4.78 is 24.5. The molecule has 7 heteroatoms. The number of allylic oxidation sites excluding steroid dienone is 3. The van der Waals surface area contributed by atoms with E-state index in [9.17, 15) is 14.0 Å². The number of halogens is 2. The van der Waals surface area contributed by atoms with E-state index in [0.29, 0.717) is 40.3 Å². The number of Topliss-reactive ketones (excluding diaryl/α,β-unsaturated/α-hetero) is 1. The summed E-state index contributed by atoms with van der Waals surface area (Å²) in [5.74, 6) is -1.78. The first-order valence-electron chi connectivity index (χ1n) is 10.8. The maximum absolute atomic E-state index is 14.2. The fourth-order valence-electron chi connectivity index (χ4n) is 4.60. The van der Waals surface area contributed by atoms with Crippen LogP contribution in [0.4, 0.5) is 4.39 Å². The smallest absolute Gasteiger partial charge is 0.336 e. The molecular formula is C26H25ClFNO4. The normalized spacial score (nSPS) is 20.4. The lowest BCUT2D eigenvalue weighted by Gasteiger charge is -2.36. The molecular weight excluding hydrogens is 445 g/mol. The van der Waals surface area contributed by atoms with E-state index in [1.54, 1.807) is 19.1 Å². The molecule has 1 N–H and O–H groups in total. The van der Waals surface area contributed by atoms with Crippen molar-refractivity contribution >= 4 is 23.4 Å². The predicted octanol–water partition coefficient (Wildman–Crippen LogP) is 5.03. The van der Waals surface area contributed by atoms with Crippen molar-refractivity contribution in [2.45, 2.75) is 31.6 Å². The maximum Gasteiger partial charge on any atom is 0.336 e. The van der Waals surface area contributed by atoms with Crippen LogP contribution in [-0.2, 0) is 19.1 Å². The van der Waals surface area contributed by atoms with E-state index in [2.05, 4.69) is 5.32 Å². The van der Waals surface area contributed by atoms with Gasteiger partial charge in [-0.2, -0.15) is 0 Å². The van der Waals surface area contributed by atoms with Crippen LogP contribution < -0.4 is 5.32 Å². The van der Waals surface area contributed by atoms with Gasteiger partial charge < -0.3 is 14.8 Å². The summed E-state index contributed by atoms with van der Waals surface area (Å²) in [4.78, 5) is 26.5. The third-order valence-corrected chi connectivity index (χ3v) is 6.34. The summed E-state index contributed by atoms with van der Waals surface area (Å²) in [7, 11) is 1.52. The zero-order chi connectivity index (χ0) is 23.5. The van der Waals surface area contributed by atoms with Gasteiger partial charge in [-0.05, 0) is 54.7 Å². The molecule has 0 saturated heterocycles. The lowest BCUT2D eigenvalue weighted by atomic mass is 9.71. The average molecular weight is 470 g/mol. The van der Waals surface area contributed by atoms with Crippen LogP contribution in [0.3, 0.4) is 0 Å². The Labute approximate surface area is 197 Å². The van der Waals surface area contributed by atoms with Crippen LogP contribution in [0.1, 0.15) is 42.7 Å². The molecule has 5 nitrogen and oxygen atoms in total. The van der Waals surface area contributed by atoms with Gasteiger partial charge in [0.15, 0.2) is 5.78 Å². The summed E-state index contributed by atoms with van der Waals surface area (Å²) >= 11 is 6.02. The summed E-state index contributed by atoms with van der Waals surface area (Å²) in [5, 5.41) is 3.92. The van der Waals surface area contributed by atoms with Crippen LogP contribution in [0, 0.1) is 5.82 Å². The Morgan fingerprint density at radius 2 is 1.88 bits per heavy atom. The highest BCUT2D eigenvalue weighted by Crippen LogP contribution is 2.45. The van der Waals surface area contributed by atoms with E-state index in [-0.39, 0.29) is 24.9 Å². The molecule has 0 aromatic heterocycles. The lowest BCUT2D eigenvalue weighted by molar-refractivity contribution is -0.140. The van der Waals surface area contributed by atoms with Crippen molar-refractivity contribution in [3.63, 3.8) is 0 Å². The van der Waals surface area contributed by atoms with E-state index in [1.165, 1.54) is 19.2 Å². The van der Waals surface area contributed by atoms with E-state index in [1.807, 2.05) is 24.3 Å². The van der Waals surface area contributed by atoms with Crippen LogP contribution in [0.15, 0.2) is 71.1 Å². The molecule has 0 radical (unpaired) electrons. The number of ketones is 1. The molecule has 4 rings (SSSR count). The highest BCUT2D eigenvalue weighted by atomic mass is 35.5. The van der Waals surface area contributed by atoms with Crippen molar-refractivity contribution in [1.29, 1.82) is 0 Å². The number of benzene rings is 2. The molecule has 1 heterocycles. The van der Waals surface area contributed by atoms with Gasteiger partial charge in [0.05, 0.1) is 12.2 Å². The molecule has 172 valence electrons. The molecule has 33 heavy (non-hydrogen) atoms. The van der Waals surface area contributed by atoms with Crippen LogP contribution in [-0.4, -0.2) is 32.1 Å². The first-order chi connectivity index (χ1) is 15.9. The Hall–Kier alpha value is -2.96. The van der Waals surface area contributed by atoms with E-state index < -0.39 is 17.7 Å². The number of methoxy groups -OCH3 is 1. The Balaban J connectivity index is 1.74. The fraction of sp³-hybridized carbons (Fsp3) is 0.308. The van der Waals surface area contributed by atoms with Crippen molar-refractivity contribution in [1.82, 2.24) is 5.32 Å². The minimum absolute atomic E-state index is 0.0165. The molecule has 0 saturated carbocycles. The van der Waals surface area contributed by atoms with E-state index in [4.69, 9.17) is 21.1 Å². The van der Waals surface area contributed by atoms with Gasteiger partial charge in [0.2, 0.25) is 0 Å². The van der Waals surface area contributed by atoms with Crippen molar-refractivity contribution in [2.75, 3.05) is 20.3 Å². The SMILES string of the molecule is COCCOC(=O)C1=C(C)NC2=C(C(=O)C[C@H](c3ccc(Cl)cc3)C2)[C@H]1c1cccc(F)c1. The van der Waals surface area contributed by atoms with Gasteiger partial charge in [-0.25, -0.2) is 9.18 Å². The molecule has 0 bridgehead atoms. The molecule has 2 atom stereocenters. The first-order valence-corrected chi connectivity index (χ1v) is 11.2. The summed E-state index contributed by atoms with van der Waals surface area (Å²) in [6.07, 6.45) is 0.886. The van der Waals surface area contributed by atoms with Gasteiger partial charge in [-0.3, -0.25) is 4.79 Å². The minimum atomic E-state index is -0.703. The molecule has 1 aliphatic carbocycles. The van der Waals surface area contributed by atoms with Gasteiger partial charge in [0, 0.05) is 41.4 Å². The van der Waals surface area contributed by atoms with Crippen molar-refractivity contribution in [3.8, 4) is 0 Å². The Kier molecular flexibility index (Phi) is 6.96. The first kappa shape index (κ1) is 23.2. The third-order valence-electron chi connectivity index (χ3n) is 6.09. The Bertz CT molecular complexity index is 1140. The zero-order valence-electron chi connectivity index (χ0n) is 18.5. The number of ether oxygens (including phenoxy) is 2. The zero-order valence-corrected chi connectivity index (χ0v) is 19.2. The number of hydrogen-bond donors (Lipinski definition) is 1. The summed E-state index contributed by atoms with van der Waals surface area (Å²) in [5.41, 5.74) is 3.72. The number of hydrogen-bond acceptors (Lipinski definition) is 5. The average Bonchev–Trinajstić information content (AvgIpc) is 2.78. The van der Waals surface area contributed by atoms with Crippen molar-refractivity contribution < 1.29 is 23.5 Å². The predicted molar refractivity (Wildman–Crippen MR) is 123 cm³/mol. The highest BCUT2D eigenvalue weighted by molar-refractivity contribution is 6.30. The van der Waals surface area contributed by atoms with Crippen molar-refractivity contribution in [3.05, 3.63) is 93.0 Å². The van der Waals surface area contributed by atoms with Gasteiger partial charge in [0.25, 0.3) is 0 Å². The van der Waals surface area contributed by atoms with Gasteiger partial charge in [-0.1, -0.05) is 35.9 Å². The molecule has 0 amide bonds. The summed E-state index contributed by atoms with van der Waals surface area (Å²) in [6, 6.07) is 13.5. The fourth-order valence-corrected chi connectivity index (χ4v) is 4.72. The largest absolute Gasteiger partial charge is 0.460 e. The van der Waals surface area contributed by atoms with Crippen LogP contribution in [0.25, 0.3) is 0 Å². The number of nitrogens with one attached hydrogen (secondary N) is 1. The lowest BCUT2D eigenvalue weighted by Crippen LogP contribution is -2.36. The second kappa shape index (κ2) is 9.89. The minimum Gasteiger partial charge on any atom is -0.460 e. The number of carbonyl (C=O) groups is 2. The number of carbonyl (C=O) groups excluding carboxylic acids is 2. The number of rotatable bonds is 6. The van der Waals surface area contributed by atoms with E-state index >= 15 is 0 Å². The molecule has 0 fully saturated rings. The topological polar surface area (TPSA) is 64.6 Å². The Morgan fingerprint density at radius 1 is 1.12 bits per heavy atom. The van der Waals surface area contributed by atoms with Gasteiger partial charge in [0.1, 0.15) is 12.4 Å². The van der Waals surface area contributed by atoms with Crippen LogP contribution in [0.2, 0.25) is 5.02 Å². The summed E-state index contributed by atoms with van der Waals surface area (Å²) in [6.45, 7) is 2.12. The quantitative estimate of drug-likeness (QED) is 0.475. The molecule has 0 spiro atoms. The standard InChI is InChI=1S/C26H25ClFNO4/c1-15-23(26(31)33-11-10-32-2)24(17-4-3-5-20(28)12-17)25-21(29-15)13-18(14-22(25)30)16-6-8-19(27)9-7-16/h3-9,12,18,24,29H,10-11,13-14H2,1-2H3/t18-,24+/m1/s1. The maximum atomic E-state index is 14.2. The molecule has 1 aliphatic heterocycles. The highest BCUT2D eigenvalue weighted by Gasteiger charge is 2.41. The van der Waals surface area contributed by atoms with Gasteiger partial charge in [-0.15, -0.1) is 0 Å². The van der Waals surface area contributed by atoms with Crippen LogP contribution >= 0.6 is 11.6 Å². The molecule has 2 aliphatic rings. The van der Waals surface area contributed by atoms with Crippen LogP contribution in [0.5, 0.6) is 0 Å². The second-order valence-corrected chi connectivity index (χ2v) is 8.69. The van der Waals surface area contributed by atoms with Gasteiger partial charge >= 0.3 is 5.97 Å². The molecule has 2 aromatic carbocycles. The monoisotopic (exact) mass is 469 g/mol. The molecule has 2 aromatic rings. The molecule has 0 unspecified atom stereocenters. The second-order valence-electron chi connectivity index (χ2n) is 8.25. The van der Waals surface area contributed by atoms with Crippen molar-refractivity contribution in [2.24, 2.45) is 0 Å². The number of esters is 1. The third kappa shape index (κ3) is 4.87.